The van der Waals surface area contributed by atoms with Crippen LogP contribution in [0.15, 0.2) is 12.3 Å². The maximum absolute atomic E-state index is 10.9. The molecule has 0 bridgehead atoms. The molecule has 0 unspecified atom stereocenters. The van der Waals surface area contributed by atoms with Crippen LogP contribution in [0.3, 0.4) is 0 Å². The van der Waals surface area contributed by atoms with Gasteiger partial charge < -0.3 is 19.6 Å². The van der Waals surface area contributed by atoms with E-state index in [1.165, 1.54) is 0 Å². The number of aromatic nitrogens is 2. The maximum Gasteiger partial charge on any atom is 0.323 e. The van der Waals surface area contributed by atoms with E-state index in [-0.39, 0.29) is 6.54 Å². The van der Waals surface area contributed by atoms with E-state index in [1.807, 2.05) is 6.92 Å². The normalized spacial score (nSPS) is 15.2. The van der Waals surface area contributed by atoms with Crippen LogP contribution in [0.1, 0.15) is 13.3 Å². The van der Waals surface area contributed by atoms with Crippen molar-refractivity contribution in [1.29, 1.82) is 0 Å². The van der Waals surface area contributed by atoms with Gasteiger partial charge in [-0.3, -0.25) is 4.79 Å². The molecule has 1 aliphatic rings. The molecule has 7 heteroatoms. The van der Waals surface area contributed by atoms with Crippen molar-refractivity contribution in [2.75, 3.05) is 49.2 Å². The van der Waals surface area contributed by atoms with Gasteiger partial charge in [0, 0.05) is 25.8 Å². The number of carboxylic acids is 1. The second kappa shape index (κ2) is 7.04. The van der Waals surface area contributed by atoms with Crippen molar-refractivity contribution in [3.05, 3.63) is 12.3 Å². The number of aliphatic carboxylic acids is 1. The fraction of sp³-hybridized carbons (Fsp3) is 0.615. The molecule has 2 heterocycles. The van der Waals surface area contributed by atoms with Gasteiger partial charge in [0.2, 0.25) is 5.95 Å². The summed E-state index contributed by atoms with van der Waals surface area (Å²) < 4.78 is 5.30. The van der Waals surface area contributed by atoms with Crippen molar-refractivity contribution in [1.82, 2.24) is 9.97 Å². The molecule has 0 aromatic carbocycles. The maximum atomic E-state index is 10.9. The molecule has 20 heavy (non-hydrogen) atoms. The lowest BCUT2D eigenvalue weighted by Gasteiger charge is -2.28. The van der Waals surface area contributed by atoms with E-state index in [2.05, 4.69) is 14.9 Å². The zero-order valence-electron chi connectivity index (χ0n) is 11.7. The Morgan fingerprint density at radius 3 is 2.90 bits per heavy atom. The summed E-state index contributed by atoms with van der Waals surface area (Å²) in [6.07, 6.45) is 2.54. The molecular formula is C13H20N4O3. The summed E-state index contributed by atoms with van der Waals surface area (Å²) in [6, 6.07) is 1.75. The molecular weight excluding hydrogens is 260 g/mol. The van der Waals surface area contributed by atoms with Crippen LogP contribution in [-0.4, -0.2) is 60.4 Å². The minimum Gasteiger partial charge on any atom is -0.480 e. The van der Waals surface area contributed by atoms with E-state index in [9.17, 15) is 4.79 Å². The summed E-state index contributed by atoms with van der Waals surface area (Å²) in [7, 11) is 0. The van der Waals surface area contributed by atoms with Gasteiger partial charge in [0.15, 0.2) is 0 Å². The van der Waals surface area contributed by atoms with Crippen molar-refractivity contribution in [3.8, 4) is 0 Å². The highest BCUT2D eigenvalue weighted by molar-refractivity contribution is 5.73. The van der Waals surface area contributed by atoms with Crippen LogP contribution >= 0.6 is 0 Å². The molecule has 0 atom stereocenters. The molecule has 1 fully saturated rings. The summed E-state index contributed by atoms with van der Waals surface area (Å²) in [5.41, 5.74) is 0. The molecule has 0 saturated carbocycles. The second-order valence-electron chi connectivity index (χ2n) is 4.63. The standard InChI is InChI=1S/C13H20N4O3/c1-2-5-17(10-12(18)19)11-3-4-14-13(15-11)16-6-8-20-9-7-16/h3-4H,2,5-10H2,1H3,(H,18,19). The lowest BCUT2D eigenvalue weighted by Crippen LogP contribution is -2.38. The highest BCUT2D eigenvalue weighted by Gasteiger charge is 2.16. The predicted octanol–water partition coefficient (Wildman–Crippen LogP) is 0.614. The number of hydrogen-bond donors (Lipinski definition) is 1. The number of hydrogen-bond acceptors (Lipinski definition) is 6. The molecule has 2 rings (SSSR count). The Kier molecular flexibility index (Phi) is 5.11. The summed E-state index contributed by atoms with van der Waals surface area (Å²) >= 11 is 0. The minimum absolute atomic E-state index is 0.0482. The van der Waals surface area contributed by atoms with E-state index < -0.39 is 5.97 Å². The number of nitrogens with zero attached hydrogens (tertiary/aromatic N) is 4. The van der Waals surface area contributed by atoms with Crippen LogP contribution in [0.4, 0.5) is 11.8 Å². The second-order valence-corrected chi connectivity index (χ2v) is 4.63. The van der Waals surface area contributed by atoms with Crippen molar-refractivity contribution in [2.45, 2.75) is 13.3 Å². The van der Waals surface area contributed by atoms with E-state index >= 15 is 0 Å². The van der Waals surface area contributed by atoms with Crippen LogP contribution in [0.25, 0.3) is 0 Å². The van der Waals surface area contributed by atoms with Crippen molar-refractivity contribution in [3.63, 3.8) is 0 Å². The van der Waals surface area contributed by atoms with E-state index in [0.717, 1.165) is 19.5 Å². The third-order valence-corrected chi connectivity index (χ3v) is 3.07. The third-order valence-electron chi connectivity index (χ3n) is 3.07. The number of rotatable bonds is 6. The average molecular weight is 280 g/mol. The summed E-state index contributed by atoms with van der Waals surface area (Å²) in [5.74, 6) is 0.438. The molecule has 1 aliphatic heterocycles. The topological polar surface area (TPSA) is 78.8 Å². The lowest BCUT2D eigenvalue weighted by atomic mass is 10.3. The first kappa shape index (κ1) is 14.5. The Balaban J connectivity index is 2.15. The summed E-state index contributed by atoms with van der Waals surface area (Å²) in [4.78, 5) is 23.5. The van der Waals surface area contributed by atoms with Crippen LogP contribution in [-0.2, 0) is 9.53 Å². The van der Waals surface area contributed by atoms with E-state index in [0.29, 0.717) is 31.5 Å². The Bertz CT molecular complexity index is 449. The molecule has 110 valence electrons. The highest BCUT2D eigenvalue weighted by Crippen LogP contribution is 2.16. The molecule has 0 aliphatic carbocycles. The van der Waals surface area contributed by atoms with Crippen LogP contribution in [0.5, 0.6) is 0 Å². The third kappa shape index (κ3) is 3.80. The monoisotopic (exact) mass is 280 g/mol. The SMILES string of the molecule is CCCN(CC(=O)O)c1ccnc(N2CCOCC2)n1. The Hall–Kier alpha value is -1.89. The van der Waals surface area contributed by atoms with E-state index in [1.54, 1.807) is 17.2 Å². The van der Waals surface area contributed by atoms with Gasteiger partial charge in [-0.1, -0.05) is 6.92 Å². The molecule has 1 aromatic rings. The average Bonchev–Trinajstić information content (AvgIpc) is 2.47. The van der Waals surface area contributed by atoms with E-state index in [4.69, 9.17) is 9.84 Å². The minimum atomic E-state index is -0.856. The molecule has 0 amide bonds. The number of anilines is 2. The lowest BCUT2D eigenvalue weighted by molar-refractivity contribution is -0.135. The Morgan fingerprint density at radius 2 is 2.25 bits per heavy atom. The molecule has 1 saturated heterocycles. The molecule has 0 radical (unpaired) electrons. The van der Waals surface area contributed by atoms with Gasteiger partial charge in [-0.25, -0.2) is 4.98 Å². The van der Waals surface area contributed by atoms with Crippen LogP contribution < -0.4 is 9.80 Å². The summed E-state index contributed by atoms with van der Waals surface area (Å²) in [5, 5.41) is 8.98. The van der Waals surface area contributed by atoms with Crippen molar-refractivity contribution >= 4 is 17.7 Å². The van der Waals surface area contributed by atoms with Crippen molar-refractivity contribution < 1.29 is 14.6 Å². The first-order valence-electron chi connectivity index (χ1n) is 6.83. The van der Waals surface area contributed by atoms with Gasteiger partial charge >= 0.3 is 5.97 Å². The molecule has 7 nitrogen and oxygen atoms in total. The fourth-order valence-electron chi connectivity index (χ4n) is 2.14. The van der Waals surface area contributed by atoms with Crippen molar-refractivity contribution in [2.24, 2.45) is 0 Å². The fourth-order valence-corrected chi connectivity index (χ4v) is 2.14. The Labute approximate surface area is 118 Å². The number of morpholine rings is 1. The van der Waals surface area contributed by atoms with Crippen LogP contribution in [0, 0.1) is 0 Å². The summed E-state index contributed by atoms with van der Waals surface area (Å²) in [6.45, 7) is 5.48. The smallest absolute Gasteiger partial charge is 0.323 e. The quantitative estimate of drug-likeness (QED) is 0.818. The van der Waals surface area contributed by atoms with Gasteiger partial charge in [0.25, 0.3) is 0 Å². The highest BCUT2D eigenvalue weighted by atomic mass is 16.5. The van der Waals surface area contributed by atoms with Crippen LogP contribution in [0.2, 0.25) is 0 Å². The first-order chi connectivity index (χ1) is 9.70. The van der Waals surface area contributed by atoms with Gasteiger partial charge in [-0.15, -0.1) is 0 Å². The van der Waals surface area contributed by atoms with Gasteiger partial charge in [-0.2, -0.15) is 4.98 Å². The zero-order valence-corrected chi connectivity index (χ0v) is 11.7. The zero-order chi connectivity index (χ0) is 14.4. The van der Waals surface area contributed by atoms with Gasteiger partial charge in [-0.05, 0) is 12.5 Å². The van der Waals surface area contributed by atoms with Gasteiger partial charge in [0.05, 0.1) is 13.2 Å². The first-order valence-corrected chi connectivity index (χ1v) is 6.83. The largest absolute Gasteiger partial charge is 0.480 e. The number of ether oxygens (including phenoxy) is 1. The molecule has 1 N–H and O–H groups in total. The number of carboxylic acid groups (broad SMARTS) is 1. The van der Waals surface area contributed by atoms with Gasteiger partial charge in [0.1, 0.15) is 12.4 Å². The molecule has 1 aromatic heterocycles. The Morgan fingerprint density at radius 1 is 1.50 bits per heavy atom. The number of carbonyl (C=O) groups is 1. The molecule has 0 spiro atoms. The predicted molar refractivity (Wildman–Crippen MR) is 75.2 cm³/mol.